The maximum Gasteiger partial charge on any atom is 0.255 e. The molecule has 120 valence electrons. The van der Waals surface area contributed by atoms with Gasteiger partial charge >= 0.3 is 0 Å². The van der Waals surface area contributed by atoms with E-state index in [-0.39, 0.29) is 17.9 Å². The molecule has 2 amide bonds. The number of nitrogens with one attached hydrogen (secondary N) is 1. The molecule has 1 fully saturated rings. The predicted octanol–water partition coefficient (Wildman–Crippen LogP) is 1.70. The van der Waals surface area contributed by atoms with E-state index in [9.17, 15) is 9.59 Å². The summed E-state index contributed by atoms with van der Waals surface area (Å²) >= 11 is 6.22. The molecule has 6 nitrogen and oxygen atoms in total. The smallest absolute Gasteiger partial charge is 0.255 e. The van der Waals surface area contributed by atoms with Gasteiger partial charge in [0, 0.05) is 38.8 Å². The molecule has 1 atom stereocenters. The van der Waals surface area contributed by atoms with Crippen molar-refractivity contribution in [1.82, 2.24) is 20.0 Å². The van der Waals surface area contributed by atoms with Crippen LogP contribution in [0.1, 0.15) is 16.8 Å². The van der Waals surface area contributed by atoms with Gasteiger partial charge in [-0.15, -0.1) is 0 Å². The summed E-state index contributed by atoms with van der Waals surface area (Å²) in [5, 5.41) is 7.80. The van der Waals surface area contributed by atoms with E-state index in [1.807, 2.05) is 18.2 Å². The first kappa shape index (κ1) is 15.6. The van der Waals surface area contributed by atoms with Crippen molar-refractivity contribution in [1.29, 1.82) is 0 Å². The molecular weight excluding hydrogens is 316 g/mol. The number of rotatable bonds is 3. The summed E-state index contributed by atoms with van der Waals surface area (Å²) in [6.07, 6.45) is 1.98. The van der Waals surface area contributed by atoms with Crippen molar-refractivity contribution in [2.24, 2.45) is 7.05 Å². The molecule has 0 aliphatic carbocycles. The third kappa shape index (κ3) is 3.07. The average molecular weight is 333 g/mol. The number of hydrogen-bond donors (Lipinski definition) is 1. The lowest BCUT2D eigenvalue weighted by Crippen LogP contribution is -2.36. The fourth-order valence-corrected chi connectivity index (χ4v) is 2.96. The number of likely N-dealkylation sites (tertiary alicyclic amines) is 1. The van der Waals surface area contributed by atoms with Crippen molar-refractivity contribution in [3.05, 3.63) is 41.0 Å². The first-order chi connectivity index (χ1) is 11.0. The maximum absolute atomic E-state index is 12.6. The number of halogens is 1. The second-order valence-corrected chi connectivity index (χ2v) is 6.10. The van der Waals surface area contributed by atoms with Gasteiger partial charge in [-0.05, 0) is 6.07 Å². The van der Waals surface area contributed by atoms with Crippen LogP contribution in [0.4, 0.5) is 0 Å². The largest absolute Gasteiger partial charge is 0.347 e. The molecule has 0 saturated carbocycles. The van der Waals surface area contributed by atoms with Gasteiger partial charge in [-0.1, -0.05) is 29.8 Å². The Hall–Kier alpha value is -2.34. The van der Waals surface area contributed by atoms with E-state index in [2.05, 4.69) is 10.4 Å². The number of hydrogen-bond acceptors (Lipinski definition) is 3. The Morgan fingerprint density at radius 2 is 2.09 bits per heavy atom. The van der Waals surface area contributed by atoms with E-state index in [4.69, 9.17) is 11.6 Å². The molecule has 2 aromatic rings. The van der Waals surface area contributed by atoms with Gasteiger partial charge in [-0.2, -0.15) is 5.10 Å². The van der Waals surface area contributed by atoms with Crippen LogP contribution in [-0.4, -0.2) is 46.1 Å². The molecule has 1 N–H and O–H groups in total. The minimum absolute atomic E-state index is 0.0350. The van der Waals surface area contributed by atoms with Gasteiger partial charge in [-0.3, -0.25) is 14.3 Å². The standard InChI is InChI=1S/C16H17ClN4O2/c1-20-8-10(7-14(20)22)18-16(23)12-9-21(2)19-15(12)11-5-3-4-6-13(11)17/h3-6,9-10H,7-8H2,1-2H3,(H,18,23)/t10-/m1/s1. The van der Waals surface area contributed by atoms with E-state index < -0.39 is 0 Å². The Kier molecular flexibility index (Phi) is 4.09. The highest BCUT2D eigenvalue weighted by Crippen LogP contribution is 2.29. The average Bonchev–Trinajstić information content (AvgIpc) is 3.03. The van der Waals surface area contributed by atoms with Crippen molar-refractivity contribution < 1.29 is 9.59 Å². The molecule has 3 rings (SSSR count). The molecule has 0 radical (unpaired) electrons. The lowest BCUT2D eigenvalue weighted by molar-refractivity contribution is -0.126. The molecular formula is C16H17ClN4O2. The summed E-state index contributed by atoms with van der Waals surface area (Å²) < 4.78 is 1.58. The summed E-state index contributed by atoms with van der Waals surface area (Å²) in [7, 11) is 3.48. The number of nitrogens with zero attached hydrogens (tertiary/aromatic N) is 3. The summed E-state index contributed by atoms with van der Waals surface area (Å²) in [6, 6.07) is 7.09. The lowest BCUT2D eigenvalue weighted by Gasteiger charge is -2.12. The zero-order chi connectivity index (χ0) is 16.6. The third-order valence-corrected chi connectivity index (χ3v) is 4.21. The summed E-state index contributed by atoms with van der Waals surface area (Å²) in [5.41, 5.74) is 1.69. The number of aryl methyl sites for hydroxylation is 1. The fraction of sp³-hybridized carbons (Fsp3) is 0.312. The molecule has 0 bridgehead atoms. The van der Waals surface area contributed by atoms with E-state index >= 15 is 0 Å². The van der Waals surface area contributed by atoms with Crippen LogP contribution >= 0.6 is 11.6 Å². The molecule has 23 heavy (non-hydrogen) atoms. The predicted molar refractivity (Wildman–Crippen MR) is 87.2 cm³/mol. The van der Waals surface area contributed by atoms with E-state index in [1.165, 1.54) is 0 Å². The van der Waals surface area contributed by atoms with Crippen molar-refractivity contribution in [3.63, 3.8) is 0 Å². The highest BCUT2D eigenvalue weighted by Gasteiger charge is 2.29. The molecule has 0 spiro atoms. The molecule has 1 aliphatic rings. The van der Waals surface area contributed by atoms with Crippen molar-refractivity contribution in [2.45, 2.75) is 12.5 Å². The highest BCUT2D eigenvalue weighted by molar-refractivity contribution is 6.33. The van der Waals surface area contributed by atoms with E-state index in [0.29, 0.717) is 34.8 Å². The normalized spacial score (nSPS) is 17.6. The Balaban J connectivity index is 1.87. The monoisotopic (exact) mass is 332 g/mol. The van der Waals surface area contributed by atoms with Gasteiger partial charge < -0.3 is 10.2 Å². The Labute approximate surface area is 139 Å². The van der Waals surface area contributed by atoms with Gasteiger partial charge in [0.1, 0.15) is 5.69 Å². The molecule has 1 aromatic heterocycles. The molecule has 1 aliphatic heterocycles. The quantitative estimate of drug-likeness (QED) is 0.930. The zero-order valence-electron chi connectivity index (χ0n) is 12.9. The Morgan fingerprint density at radius 1 is 1.35 bits per heavy atom. The molecule has 2 heterocycles. The van der Waals surface area contributed by atoms with Crippen LogP contribution < -0.4 is 5.32 Å². The second kappa shape index (κ2) is 6.04. The second-order valence-electron chi connectivity index (χ2n) is 5.69. The topological polar surface area (TPSA) is 67.2 Å². The van der Waals surface area contributed by atoms with Crippen LogP contribution in [0.3, 0.4) is 0 Å². The first-order valence-corrected chi connectivity index (χ1v) is 7.67. The van der Waals surface area contributed by atoms with E-state index in [1.54, 1.807) is 35.9 Å². The minimum Gasteiger partial charge on any atom is -0.347 e. The van der Waals surface area contributed by atoms with Gasteiger partial charge in [-0.25, -0.2) is 0 Å². The van der Waals surface area contributed by atoms with Gasteiger partial charge in [0.15, 0.2) is 0 Å². The number of carbonyl (C=O) groups is 2. The van der Waals surface area contributed by atoms with Crippen LogP contribution in [-0.2, 0) is 11.8 Å². The van der Waals surface area contributed by atoms with Crippen molar-refractivity contribution in [2.75, 3.05) is 13.6 Å². The van der Waals surface area contributed by atoms with Crippen LogP contribution in [0.15, 0.2) is 30.5 Å². The molecule has 0 unspecified atom stereocenters. The van der Waals surface area contributed by atoms with Gasteiger partial charge in [0.25, 0.3) is 5.91 Å². The maximum atomic E-state index is 12.6. The van der Waals surface area contributed by atoms with Crippen LogP contribution in [0.25, 0.3) is 11.3 Å². The summed E-state index contributed by atoms with van der Waals surface area (Å²) in [4.78, 5) is 25.8. The third-order valence-electron chi connectivity index (χ3n) is 3.88. The molecule has 1 saturated heterocycles. The number of carbonyl (C=O) groups excluding carboxylic acids is 2. The summed E-state index contributed by atoms with van der Waals surface area (Å²) in [5.74, 6) is -0.214. The highest BCUT2D eigenvalue weighted by atomic mass is 35.5. The van der Waals surface area contributed by atoms with Crippen molar-refractivity contribution >= 4 is 23.4 Å². The number of likely N-dealkylation sites (N-methyl/N-ethyl adjacent to an activating group) is 1. The van der Waals surface area contributed by atoms with Crippen LogP contribution in [0.5, 0.6) is 0 Å². The summed E-state index contributed by atoms with van der Waals surface area (Å²) in [6.45, 7) is 0.520. The van der Waals surface area contributed by atoms with Crippen LogP contribution in [0.2, 0.25) is 5.02 Å². The minimum atomic E-state index is -0.249. The number of aromatic nitrogens is 2. The fourth-order valence-electron chi connectivity index (χ4n) is 2.73. The van der Waals surface area contributed by atoms with Gasteiger partial charge in [0.2, 0.25) is 5.91 Å². The lowest BCUT2D eigenvalue weighted by atomic mass is 10.1. The number of benzene rings is 1. The Morgan fingerprint density at radius 3 is 2.74 bits per heavy atom. The van der Waals surface area contributed by atoms with Gasteiger partial charge in [0.05, 0.1) is 16.6 Å². The molecule has 7 heteroatoms. The van der Waals surface area contributed by atoms with Crippen molar-refractivity contribution in [3.8, 4) is 11.3 Å². The SMILES string of the molecule is CN1C[C@H](NC(=O)c2cn(C)nc2-c2ccccc2Cl)CC1=O. The first-order valence-electron chi connectivity index (χ1n) is 7.29. The number of amides is 2. The molecule has 1 aromatic carbocycles. The van der Waals surface area contributed by atoms with Crippen LogP contribution in [0, 0.1) is 0 Å². The zero-order valence-corrected chi connectivity index (χ0v) is 13.7. The van der Waals surface area contributed by atoms with E-state index in [0.717, 1.165) is 0 Å². The Bertz CT molecular complexity index is 771.